The van der Waals surface area contributed by atoms with Crippen molar-refractivity contribution in [2.75, 3.05) is 13.2 Å². The van der Waals surface area contributed by atoms with Crippen molar-refractivity contribution in [2.24, 2.45) is 0 Å². The summed E-state index contributed by atoms with van der Waals surface area (Å²) >= 11 is 0. The molecule has 1 atom stereocenters. The van der Waals surface area contributed by atoms with Gasteiger partial charge in [0.15, 0.2) is 5.78 Å². The molecule has 0 heterocycles. The van der Waals surface area contributed by atoms with E-state index in [0.29, 0.717) is 11.3 Å². The summed E-state index contributed by atoms with van der Waals surface area (Å²) in [6.45, 7) is 1.20. The SMILES string of the molecule is CC(=O)c1ccc(OCC(O)CO)cc1. The van der Waals surface area contributed by atoms with Crippen LogP contribution in [0.1, 0.15) is 17.3 Å². The summed E-state index contributed by atoms with van der Waals surface area (Å²) < 4.78 is 5.17. The Bertz CT molecular complexity index is 318. The fourth-order valence-electron chi connectivity index (χ4n) is 1.03. The highest BCUT2D eigenvalue weighted by Crippen LogP contribution is 2.12. The fraction of sp³-hybridized carbons (Fsp3) is 0.364. The first-order chi connectivity index (χ1) is 7.13. The molecule has 1 aromatic rings. The van der Waals surface area contributed by atoms with Crippen molar-refractivity contribution in [3.8, 4) is 5.75 Å². The lowest BCUT2D eigenvalue weighted by atomic mass is 10.1. The Morgan fingerprint density at radius 2 is 2.00 bits per heavy atom. The molecule has 82 valence electrons. The van der Waals surface area contributed by atoms with Crippen LogP contribution in [-0.4, -0.2) is 35.3 Å². The molecule has 15 heavy (non-hydrogen) atoms. The number of benzene rings is 1. The van der Waals surface area contributed by atoms with Crippen molar-refractivity contribution in [2.45, 2.75) is 13.0 Å². The molecule has 0 aliphatic rings. The third-order valence-electron chi connectivity index (χ3n) is 1.91. The molecule has 0 aliphatic heterocycles. The van der Waals surface area contributed by atoms with Crippen LogP contribution in [0.4, 0.5) is 0 Å². The van der Waals surface area contributed by atoms with Gasteiger partial charge in [0.2, 0.25) is 0 Å². The molecule has 1 rings (SSSR count). The Morgan fingerprint density at radius 3 is 2.47 bits per heavy atom. The van der Waals surface area contributed by atoms with Gasteiger partial charge in [-0.2, -0.15) is 0 Å². The molecule has 1 aromatic carbocycles. The van der Waals surface area contributed by atoms with Crippen LogP contribution in [0.2, 0.25) is 0 Å². The fourth-order valence-corrected chi connectivity index (χ4v) is 1.03. The number of Topliss-reactive ketones (excluding diaryl/α,β-unsaturated/α-hetero) is 1. The van der Waals surface area contributed by atoms with E-state index in [9.17, 15) is 4.79 Å². The van der Waals surface area contributed by atoms with Crippen molar-refractivity contribution in [1.82, 2.24) is 0 Å². The van der Waals surface area contributed by atoms with Gasteiger partial charge in [-0.3, -0.25) is 4.79 Å². The molecule has 0 spiro atoms. The van der Waals surface area contributed by atoms with E-state index in [1.807, 2.05) is 0 Å². The molecular formula is C11H14O4. The number of ether oxygens (including phenoxy) is 1. The number of carbonyl (C=O) groups excluding carboxylic acids is 1. The number of aliphatic hydroxyl groups is 2. The van der Waals surface area contributed by atoms with Crippen molar-refractivity contribution in [3.63, 3.8) is 0 Å². The van der Waals surface area contributed by atoms with Crippen molar-refractivity contribution >= 4 is 5.78 Å². The van der Waals surface area contributed by atoms with E-state index in [0.717, 1.165) is 0 Å². The summed E-state index contributed by atoms with van der Waals surface area (Å²) in [6.07, 6.45) is -0.877. The summed E-state index contributed by atoms with van der Waals surface area (Å²) in [4.78, 5) is 11.0. The summed E-state index contributed by atoms with van der Waals surface area (Å²) in [5.41, 5.74) is 0.616. The number of rotatable bonds is 5. The molecule has 0 radical (unpaired) electrons. The van der Waals surface area contributed by atoms with Crippen molar-refractivity contribution in [1.29, 1.82) is 0 Å². The summed E-state index contributed by atoms with van der Waals surface area (Å²) in [7, 11) is 0. The van der Waals surface area contributed by atoms with Crippen molar-refractivity contribution < 1.29 is 19.7 Å². The van der Waals surface area contributed by atoms with E-state index in [-0.39, 0.29) is 19.0 Å². The van der Waals surface area contributed by atoms with Gasteiger partial charge in [-0.25, -0.2) is 0 Å². The smallest absolute Gasteiger partial charge is 0.159 e. The number of hydrogen-bond donors (Lipinski definition) is 2. The first-order valence-corrected chi connectivity index (χ1v) is 4.66. The van der Waals surface area contributed by atoms with E-state index in [2.05, 4.69) is 0 Å². The summed E-state index contributed by atoms with van der Waals surface area (Å²) in [6, 6.07) is 6.62. The largest absolute Gasteiger partial charge is 0.491 e. The first kappa shape index (κ1) is 11.7. The van der Waals surface area contributed by atoms with E-state index < -0.39 is 6.10 Å². The maximum absolute atomic E-state index is 11.0. The average molecular weight is 210 g/mol. The topological polar surface area (TPSA) is 66.8 Å². The minimum absolute atomic E-state index is 0.00283. The Hall–Kier alpha value is -1.39. The van der Waals surface area contributed by atoms with E-state index >= 15 is 0 Å². The zero-order valence-corrected chi connectivity index (χ0v) is 8.51. The highest BCUT2D eigenvalue weighted by molar-refractivity contribution is 5.94. The molecule has 4 nitrogen and oxygen atoms in total. The quantitative estimate of drug-likeness (QED) is 0.699. The molecule has 0 saturated heterocycles. The minimum Gasteiger partial charge on any atom is -0.491 e. The highest BCUT2D eigenvalue weighted by atomic mass is 16.5. The molecule has 0 aromatic heterocycles. The van der Waals surface area contributed by atoms with E-state index in [4.69, 9.17) is 14.9 Å². The van der Waals surface area contributed by atoms with E-state index in [1.54, 1.807) is 24.3 Å². The van der Waals surface area contributed by atoms with Crippen molar-refractivity contribution in [3.05, 3.63) is 29.8 Å². The van der Waals surface area contributed by atoms with Crippen LogP contribution in [0.15, 0.2) is 24.3 Å². The number of carbonyl (C=O) groups is 1. The Balaban J connectivity index is 2.53. The molecular weight excluding hydrogens is 196 g/mol. The molecule has 2 N–H and O–H groups in total. The Labute approximate surface area is 88.1 Å². The van der Waals surface area contributed by atoms with Gasteiger partial charge in [-0.05, 0) is 31.2 Å². The van der Waals surface area contributed by atoms with Gasteiger partial charge < -0.3 is 14.9 Å². The zero-order chi connectivity index (χ0) is 11.3. The van der Waals surface area contributed by atoms with Crippen LogP contribution in [0, 0.1) is 0 Å². The number of aliphatic hydroxyl groups excluding tert-OH is 2. The van der Waals surface area contributed by atoms with Crippen LogP contribution in [0.25, 0.3) is 0 Å². The van der Waals surface area contributed by atoms with Gasteiger partial charge in [-0.1, -0.05) is 0 Å². The maximum Gasteiger partial charge on any atom is 0.159 e. The number of ketones is 1. The zero-order valence-electron chi connectivity index (χ0n) is 8.51. The van der Waals surface area contributed by atoms with Gasteiger partial charge in [0.1, 0.15) is 18.5 Å². The van der Waals surface area contributed by atoms with Gasteiger partial charge in [0.05, 0.1) is 6.61 Å². The Kier molecular flexibility index (Phi) is 4.27. The monoisotopic (exact) mass is 210 g/mol. The number of hydrogen-bond acceptors (Lipinski definition) is 4. The predicted octanol–water partition coefficient (Wildman–Crippen LogP) is 0.621. The minimum atomic E-state index is -0.877. The molecule has 0 aliphatic carbocycles. The lowest BCUT2D eigenvalue weighted by Crippen LogP contribution is -2.21. The van der Waals surface area contributed by atoms with Gasteiger partial charge in [0.25, 0.3) is 0 Å². The second-order valence-electron chi connectivity index (χ2n) is 3.23. The maximum atomic E-state index is 11.0. The molecule has 0 fully saturated rings. The van der Waals surface area contributed by atoms with Crippen LogP contribution in [-0.2, 0) is 0 Å². The molecule has 0 saturated carbocycles. The summed E-state index contributed by atoms with van der Waals surface area (Å²) in [5.74, 6) is 0.560. The molecule has 4 heteroatoms. The molecule has 0 bridgehead atoms. The average Bonchev–Trinajstić information content (AvgIpc) is 2.26. The van der Waals surface area contributed by atoms with Crippen LogP contribution in [0.3, 0.4) is 0 Å². The summed E-state index contributed by atoms with van der Waals surface area (Å²) in [5, 5.41) is 17.6. The van der Waals surface area contributed by atoms with Crippen LogP contribution in [0.5, 0.6) is 5.75 Å². The third kappa shape index (κ3) is 3.69. The third-order valence-corrected chi connectivity index (χ3v) is 1.91. The lowest BCUT2D eigenvalue weighted by molar-refractivity contribution is 0.0536. The van der Waals surface area contributed by atoms with Crippen LogP contribution >= 0.6 is 0 Å². The van der Waals surface area contributed by atoms with Gasteiger partial charge in [0, 0.05) is 5.56 Å². The molecule has 0 amide bonds. The van der Waals surface area contributed by atoms with Gasteiger partial charge in [-0.15, -0.1) is 0 Å². The second-order valence-corrected chi connectivity index (χ2v) is 3.23. The first-order valence-electron chi connectivity index (χ1n) is 4.66. The normalized spacial score (nSPS) is 12.2. The molecule has 1 unspecified atom stereocenters. The standard InChI is InChI=1S/C11H14O4/c1-8(13)9-2-4-11(5-3-9)15-7-10(14)6-12/h2-5,10,12,14H,6-7H2,1H3. The highest BCUT2D eigenvalue weighted by Gasteiger charge is 2.03. The van der Waals surface area contributed by atoms with Gasteiger partial charge >= 0.3 is 0 Å². The Morgan fingerprint density at radius 1 is 1.40 bits per heavy atom. The second kappa shape index (κ2) is 5.48. The van der Waals surface area contributed by atoms with E-state index in [1.165, 1.54) is 6.92 Å². The predicted molar refractivity (Wildman–Crippen MR) is 55.0 cm³/mol. The lowest BCUT2D eigenvalue weighted by Gasteiger charge is -2.09. The van der Waals surface area contributed by atoms with Crippen LogP contribution < -0.4 is 4.74 Å².